The van der Waals surface area contributed by atoms with Crippen molar-refractivity contribution < 1.29 is 23.7 Å². The predicted molar refractivity (Wildman–Crippen MR) is 215 cm³/mol. The number of thiophene rings is 1. The Hall–Kier alpha value is -3.63. The molecule has 0 bridgehead atoms. The van der Waals surface area contributed by atoms with Crippen molar-refractivity contribution in [2.45, 2.75) is 63.4 Å². The van der Waals surface area contributed by atoms with E-state index in [2.05, 4.69) is 82.7 Å². The highest BCUT2D eigenvalue weighted by Gasteiger charge is 2.49. The minimum atomic E-state index is -0.532. The summed E-state index contributed by atoms with van der Waals surface area (Å²) in [7, 11) is 0. The molecule has 0 amide bonds. The molecular weight excluding hydrogens is 768 g/mol. The van der Waals surface area contributed by atoms with Crippen molar-refractivity contribution in [3.63, 3.8) is 0 Å². The molecule has 5 aromatic carbocycles. The number of ether oxygens (including phenoxy) is 5. The van der Waals surface area contributed by atoms with Gasteiger partial charge in [-0.05, 0) is 67.5 Å². The molecule has 0 saturated carbocycles. The third-order valence-corrected chi connectivity index (χ3v) is 11.3. The third kappa shape index (κ3) is 10.5. The zero-order chi connectivity index (χ0) is 36.2. The van der Waals surface area contributed by atoms with Gasteiger partial charge in [0.15, 0.2) is 0 Å². The number of halogens is 2. The molecule has 0 aliphatic carbocycles. The average Bonchev–Trinajstić information content (AvgIpc) is 3.62. The molecule has 272 valence electrons. The molecule has 1 fully saturated rings. The fraction of sp³-hybridized carbons (Fsp3) is 0.244. The van der Waals surface area contributed by atoms with Crippen LogP contribution < -0.4 is 0 Å². The first-order valence-corrected chi connectivity index (χ1v) is 19.8. The molecule has 1 aliphatic rings. The summed E-state index contributed by atoms with van der Waals surface area (Å²) in [5.74, 6) is 0. The van der Waals surface area contributed by atoms with Gasteiger partial charge in [-0.25, -0.2) is 0 Å². The van der Waals surface area contributed by atoms with Gasteiger partial charge in [-0.1, -0.05) is 145 Å². The molecule has 5 nitrogen and oxygen atoms in total. The number of benzene rings is 5. The van der Waals surface area contributed by atoms with Gasteiger partial charge in [0.25, 0.3) is 0 Å². The van der Waals surface area contributed by atoms with Crippen LogP contribution >= 0.6 is 38.9 Å². The van der Waals surface area contributed by atoms with E-state index in [0.29, 0.717) is 44.5 Å². The molecular formula is C45H42BrClO5S. The number of hydrogen-bond acceptors (Lipinski definition) is 6. The first-order chi connectivity index (χ1) is 26.1. The van der Waals surface area contributed by atoms with Crippen molar-refractivity contribution in [1.82, 2.24) is 0 Å². The molecule has 2 heterocycles. The van der Waals surface area contributed by atoms with E-state index < -0.39 is 30.5 Å². The van der Waals surface area contributed by atoms with Crippen molar-refractivity contribution in [3.8, 4) is 0 Å². The summed E-state index contributed by atoms with van der Waals surface area (Å²) in [4.78, 5) is 1.21. The van der Waals surface area contributed by atoms with Crippen molar-refractivity contribution in [3.05, 3.63) is 199 Å². The van der Waals surface area contributed by atoms with Crippen LogP contribution in [0.25, 0.3) is 0 Å². The Morgan fingerprint density at radius 3 is 1.60 bits per heavy atom. The first kappa shape index (κ1) is 37.7. The molecule has 7 rings (SSSR count). The molecule has 0 spiro atoms. The fourth-order valence-electron chi connectivity index (χ4n) is 6.60. The maximum Gasteiger partial charge on any atom is 0.117 e. The van der Waals surface area contributed by atoms with Gasteiger partial charge in [0.1, 0.15) is 30.5 Å². The lowest BCUT2D eigenvalue weighted by Gasteiger charge is -2.46. The van der Waals surface area contributed by atoms with Gasteiger partial charge >= 0.3 is 0 Å². The summed E-state index contributed by atoms with van der Waals surface area (Å²) in [5, 5.41) is 0.708. The summed E-state index contributed by atoms with van der Waals surface area (Å²) in [6.45, 7) is 1.88. The molecule has 1 saturated heterocycles. The molecule has 1 aliphatic heterocycles. The van der Waals surface area contributed by atoms with Crippen LogP contribution in [0.5, 0.6) is 0 Å². The summed E-state index contributed by atoms with van der Waals surface area (Å²) < 4.78 is 35.3. The molecule has 1 unspecified atom stereocenters. The van der Waals surface area contributed by atoms with Gasteiger partial charge in [-0.3, -0.25) is 0 Å². The van der Waals surface area contributed by atoms with Crippen LogP contribution in [0.15, 0.2) is 155 Å². The van der Waals surface area contributed by atoms with E-state index in [0.717, 1.165) is 37.2 Å². The van der Waals surface area contributed by atoms with Gasteiger partial charge < -0.3 is 23.7 Å². The fourth-order valence-corrected chi connectivity index (χ4v) is 8.29. The minimum Gasteiger partial charge on any atom is -0.374 e. The monoisotopic (exact) mass is 808 g/mol. The van der Waals surface area contributed by atoms with E-state index in [1.165, 1.54) is 4.88 Å². The smallest absolute Gasteiger partial charge is 0.117 e. The van der Waals surface area contributed by atoms with Crippen molar-refractivity contribution >= 4 is 38.9 Å². The summed E-state index contributed by atoms with van der Waals surface area (Å²) in [6.07, 6.45) is -1.84. The SMILES string of the molecule is Clc1ccc(C2O[C@H](COCc3ccccc3)[C@@H](OCc3ccccc3)[C@H](OCc3ccccc3)[C@H]2OCc2ccccc2)cc1Cc1ccc(Br)s1. The Kier molecular flexibility index (Phi) is 13.6. The highest BCUT2D eigenvalue weighted by molar-refractivity contribution is 9.11. The largest absolute Gasteiger partial charge is 0.374 e. The zero-order valence-electron chi connectivity index (χ0n) is 29.3. The predicted octanol–water partition coefficient (Wildman–Crippen LogP) is 11.2. The third-order valence-electron chi connectivity index (χ3n) is 9.28. The van der Waals surface area contributed by atoms with E-state index in [-0.39, 0.29) is 0 Å². The first-order valence-electron chi connectivity index (χ1n) is 17.9. The summed E-state index contributed by atoms with van der Waals surface area (Å²) in [5.41, 5.74) is 6.25. The minimum absolute atomic E-state index is 0.297. The maximum atomic E-state index is 7.14. The average molecular weight is 810 g/mol. The zero-order valence-corrected chi connectivity index (χ0v) is 32.4. The lowest BCUT2D eigenvalue weighted by molar-refractivity contribution is -0.275. The molecule has 6 aromatic rings. The van der Waals surface area contributed by atoms with Crippen molar-refractivity contribution in [2.24, 2.45) is 0 Å². The molecule has 53 heavy (non-hydrogen) atoms. The van der Waals surface area contributed by atoms with Crippen LogP contribution in [0.1, 0.15) is 44.4 Å². The maximum absolute atomic E-state index is 7.14. The second kappa shape index (κ2) is 19.1. The lowest BCUT2D eigenvalue weighted by Crippen LogP contribution is -2.58. The molecule has 0 radical (unpaired) electrons. The van der Waals surface area contributed by atoms with E-state index >= 15 is 0 Å². The quantitative estimate of drug-likeness (QED) is 0.0974. The normalized spacial score (nSPS) is 20.0. The number of rotatable bonds is 16. The molecule has 8 heteroatoms. The molecule has 0 N–H and O–H groups in total. The number of hydrogen-bond donors (Lipinski definition) is 0. The molecule has 5 atom stereocenters. The Morgan fingerprint density at radius 2 is 1.08 bits per heavy atom. The second-order valence-corrected chi connectivity index (χ2v) is 16.1. The van der Waals surface area contributed by atoms with E-state index in [1.54, 1.807) is 11.3 Å². The van der Waals surface area contributed by atoms with Gasteiger partial charge in [0.05, 0.1) is 36.8 Å². The summed E-state index contributed by atoms with van der Waals surface area (Å²) >= 11 is 12.2. The van der Waals surface area contributed by atoms with Crippen LogP contribution in [0.3, 0.4) is 0 Å². The van der Waals surface area contributed by atoms with Crippen molar-refractivity contribution in [2.75, 3.05) is 6.61 Å². The Bertz CT molecular complexity index is 1980. The van der Waals surface area contributed by atoms with Crippen LogP contribution in [-0.4, -0.2) is 31.0 Å². The highest BCUT2D eigenvalue weighted by Crippen LogP contribution is 2.40. The van der Waals surface area contributed by atoms with Gasteiger partial charge in [-0.2, -0.15) is 0 Å². The van der Waals surface area contributed by atoms with Crippen LogP contribution in [-0.2, 0) is 56.5 Å². The standard InChI is InChI=1S/C45H42BrClO5S/c46-41-24-22-38(53-41)26-37-25-36(21-23-39(37)47)42-44(50-29-34-17-9-3-10-18-34)45(51-30-35-19-11-4-12-20-35)43(49-28-33-15-7-2-8-16-33)40(52-42)31-48-27-32-13-5-1-6-14-32/h1-25,40,42-45H,26-31H2/t40-,42?,43-,44+,45+/m1/s1. The van der Waals surface area contributed by atoms with E-state index in [4.69, 9.17) is 35.3 Å². The Balaban J connectivity index is 1.26. The van der Waals surface area contributed by atoms with Crippen molar-refractivity contribution in [1.29, 1.82) is 0 Å². The van der Waals surface area contributed by atoms with Gasteiger partial charge in [0.2, 0.25) is 0 Å². The Labute approximate surface area is 329 Å². The topological polar surface area (TPSA) is 46.2 Å². The van der Waals surface area contributed by atoms with Crippen LogP contribution in [0.4, 0.5) is 0 Å². The van der Waals surface area contributed by atoms with Gasteiger partial charge in [0, 0.05) is 16.3 Å². The second-order valence-electron chi connectivity index (χ2n) is 13.1. The van der Waals surface area contributed by atoms with Crippen LogP contribution in [0, 0.1) is 0 Å². The summed E-state index contributed by atoms with van der Waals surface area (Å²) in [6, 6.07) is 51.1. The van der Waals surface area contributed by atoms with E-state index in [1.807, 2.05) is 84.9 Å². The van der Waals surface area contributed by atoms with Gasteiger partial charge in [-0.15, -0.1) is 11.3 Å². The highest BCUT2D eigenvalue weighted by atomic mass is 79.9. The van der Waals surface area contributed by atoms with Crippen LogP contribution in [0.2, 0.25) is 5.02 Å². The van der Waals surface area contributed by atoms with E-state index in [9.17, 15) is 0 Å². The Morgan fingerprint density at radius 1 is 0.566 bits per heavy atom. The molecule has 1 aromatic heterocycles. The lowest BCUT2D eigenvalue weighted by atomic mass is 9.89.